The Kier molecular flexibility index (Phi) is 5.76. The second kappa shape index (κ2) is 7.87. The van der Waals surface area contributed by atoms with Crippen molar-refractivity contribution in [3.05, 3.63) is 28.3 Å². The summed E-state index contributed by atoms with van der Waals surface area (Å²) in [5, 5.41) is 19.6. The van der Waals surface area contributed by atoms with Gasteiger partial charge in [0.15, 0.2) is 0 Å². The number of hydrogen-bond donors (Lipinski definition) is 2. The van der Waals surface area contributed by atoms with Gasteiger partial charge in [0.1, 0.15) is 5.69 Å². The molecule has 0 bridgehead atoms. The summed E-state index contributed by atoms with van der Waals surface area (Å²) in [7, 11) is -3.98. The Morgan fingerprint density at radius 1 is 1.19 bits per heavy atom. The SMILES string of the molecule is NS(=O)(=O)c1ccc(N[C@H]2CC[C@@H](N3CCOCC3)CC2)c([N+](=O)[O-])c1. The fourth-order valence-corrected chi connectivity index (χ4v) is 4.24. The standard InChI is InChI=1S/C16H24N4O5S/c17-26(23,24)14-5-6-15(16(11-14)20(21)22)18-12-1-3-13(4-2-12)19-7-9-25-10-8-19/h5-6,11-13,18H,1-4,7-10H2,(H2,17,23,24)/t12-,13+. The number of morpholine rings is 1. The van der Waals surface area contributed by atoms with Crippen molar-refractivity contribution >= 4 is 21.4 Å². The molecule has 1 aliphatic carbocycles. The average Bonchev–Trinajstić information content (AvgIpc) is 2.62. The summed E-state index contributed by atoms with van der Waals surface area (Å²) >= 11 is 0. The second-order valence-corrected chi connectivity index (χ2v) is 8.34. The molecule has 9 nitrogen and oxygen atoms in total. The lowest BCUT2D eigenvalue weighted by Crippen LogP contribution is -2.46. The van der Waals surface area contributed by atoms with E-state index >= 15 is 0 Å². The van der Waals surface area contributed by atoms with E-state index in [0.717, 1.165) is 58.1 Å². The first-order valence-electron chi connectivity index (χ1n) is 8.74. The predicted molar refractivity (Wildman–Crippen MR) is 96.5 cm³/mol. The van der Waals surface area contributed by atoms with Crippen LogP contribution >= 0.6 is 0 Å². The number of rotatable bonds is 5. The second-order valence-electron chi connectivity index (χ2n) is 6.78. The van der Waals surface area contributed by atoms with Crippen LogP contribution in [0.15, 0.2) is 23.1 Å². The molecule has 3 rings (SSSR count). The molecule has 26 heavy (non-hydrogen) atoms. The highest BCUT2D eigenvalue weighted by molar-refractivity contribution is 7.89. The number of primary sulfonamides is 1. The minimum Gasteiger partial charge on any atom is -0.379 e. The minimum absolute atomic E-state index is 0.131. The van der Waals surface area contributed by atoms with Crippen molar-refractivity contribution in [2.24, 2.45) is 5.14 Å². The third-order valence-electron chi connectivity index (χ3n) is 5.11. The van der Waals surface area contributed by atoms with E-state index in [2.05, 4.69) is 10.2 Å². The van der Waals surface area contributed by atoms with Crippen molar-refractivity contribution in [1.29, 1.82) is 0 Å². The van der Waals surface area contributed by atoms with Crippen LogP contribution in [0.1, 0.15) is 25.7 Å². The van der Waals surface area contributed by atoms with Gasteiger partial charge in [-0.3, -0.25) is 15.0 Å². The van der Waals surface area contributed by atoms with Gasteiger partial charge in [0, 0.05) is 31.2 Å². The summed E-state index contributed by atoms with van der Waals surface area (Å²) in [6.07, 6.45) is 3.88. The highest BCUT2D eigenvalue weighted by Gasteiger charge is 2.28. The Hall–Kier alpha value is -1.75. The first-order chi connectivity index (χ1) is 12.3. The Labute approximate surface area is 152 Å². The van der Waals surface area contributed by atoms with Gasteiger partial charge in [-0.25, -0.2) is 13.6 Å². The van der Waals surface area contributed by atoms with Crippen LogP contribution in [0, 0.1) is 10.1 Å². The van der Waals surface area contributed by atoms with Gasteiger partial charge in [-0.15, -0.1) is 0 Å². The summed E-state index contributed by atoms with van der Waals surface area (Å²) < 4.78 is 28.2. The number of hydrogen-bond acceptors (Lipinski definition) is 7. The zero-order chi connectivity index (χ0) is 18.7. The first-order valence-corrected chi connectivity index (χ1v) is 10.3. The lowest BCUT2D eigenvalue weighted by Gasteiger charge is -2.39. The molecule has 0 amide bonds. The summed E-state index contributed by atoms with van der Waals surface area (Å²) in [6.45, 7) is 3.48. The van der Waals surface area contributed by atoms with Crippen LogP contribution in [0.2, 0.25) is 0 Å². The van der Waals surface area contributed by atoms with E-state index in [1.54, 1.807) is 0 Å². The van der Waals surface area contributed by atoms with Gasteiger partial charge in [0.05, 0.1) is 23.0 Å². The van der Waals surface area contributed by atoms with Gasteiger partial charge in [-0.05, 0) is 37.8 Å². The average molecular weight is 384 g/mol. The number of nitro groups is 1. The number of sulfonamides is 1. The van der Waals surface area contributed by atoms with E-state index < -0.39 is 14.9 Å². The molecule has 2 fully saturated rings. The Balaban J connectivity index is 1.65. The van der Waals surface area contributed by atoms with Crippen molar-refractivity contribution < 1.29 is 18.1 Å². The van der Waals surface area contributed by atoms with E-state index in [0.29, 0.717) is 11.7 Å². The van der Waals surface area contributed by atoms with Crippen molar-refractivity contribution in [3.8, 4) is 0 Å². The predicted octanol–water partition coefficient (Wildman–Crippen LogP) is 1.30. The fraction of sp³-hybridized carbons (Fsp3) is 0.625. The maximum absolute atomic E-state index is 11.4. The summed E-state index contributed by atoms with van der Waals surface area (Å²) in [6, 6.07) is 4.40. The minimum atomic E-state index is -3.98. The molecule has 2 aliphatic rings. The molecular weight excluding hydrogens is 360 g/mol. The molecule has 0 radical (unpaired) electrons. The third-order valence-corrected chi connectivity index (χ3v) is 6.02. The molecule has 0 atom stereocenters. The van der Waals surface area contributed by atoms with E-state index in [1.165, 1.54) is 12.1 Å². The number of nitrogens with one attached hydrogen (secondary N) is 1. The van der Waals surface area contributed by atoms with E-state index in [1.807, 2.05) is 0 Å². The van der Waals surface area contributed by atoms with Crippen LogP contribution in [-0.4, -0.2) is 56.6 Å². The first kappa shape index (κ1) is 19.0. The molecule has 10 heteroatoms. The molecule has 1 heterocycles. The van der Waals surface area contributed by atoms with Crippen LogP contribution in [0.3, 0.4) is 0 Å². The number of nitrogens with zero attached hydrogens (tertiary/aromatic N) is 2. The van der Waals surface area contributed by atoms with Crippen LogP contribution in [0.25, 0.3) is 0 Å². The monoisotopic (exact) mass is 384 g/mol. The lowest BCUT2D eigenvalue weighted by atomic mass is 9.89. The van der Waals surface area contributed by atoms with Gasteiger partial charge in [0.2, 0.25) is 10.0 Å². The maximum atomic E-state index is 11.4. The largest absolute Gasteiger partial charge is 0.379 e. The molecule has 0 spiro atoms. The number of nitro benzene ring substituents is 1. The summed E-state index contributed by atoms with van der Waals surface area (Å²) in [5.41, 5.74) is 0.0593. The molecule has 1 saturated carbocycles. The fourth-order valence-electron chi connectivity index (χ4n) is 3.71. The van der Waals surface area contributed by atoms with E-state index in [-0.39, 0.29) is 16.6 Å². The quantitative estimate of drug-likeness (QED) is 0.578. The normalized spacial score (nSPS) is 25.0. The van der Waals surface area contributed by atoms with Crippen molar-refractivity contribution in [2.75, 3.05) is 31.6 Å². The van der Waals surface area contributed by atoms with Crippen LogP contribution < -0.4 is 10.5 Å². The number of nitrogens with two attached hydrogens (primary N) is 1. The molecule has 1 aliphatic heterocycles. The third kappa shape index (κ3) is 4.50. The lowest BCUT2D eigenvalue weighted by molar-refractivity contribution is -0.384. The van der Waals surface area contributed by atoms with Crippen molar-refractivity contribution in [3.63, 3.8) is 0 Å². The van der Waals surface area contributed by atoms with Gasteiger partial charge in [-0.1, -0.05) is 0 Å². The van der Waals surface area contributed by atoms with Gasteiger partial charge >= 0.3 is 0 Å². The summed E-state index contributed by atoms with van der Waals surface area (Å²) in [5.74, 6) is 0. The summed E-state index contributed by atoms with van der Waals surface area (Å²) in [4.78, 5) is 12.9. The van der Waals surface area contributed by atoms with Crippen molar-refractivity contribution in [1.82, 2.24) is 4.90 Å². The highest BCUT2D eigenvalue weighted by Crippen LogP contribution is 2.31. The number of anilines is 1. The van der Waals surface area contributed by atoms with Crippen LogP contribution in [0.5, 0.6) is 0 Å². The maximum Gasteiger partial charge on any atom is 0.293 e. The van der Waals surface area contributed by atoms with Crippen LogP contribution in [0.4, 0.5) is 11.4 Å². The van der Waals surface area contributed by atoms with E-state index in [9.17, 15) is 18.5 Å². The molecule has 144 valence electrons. The molecular formula is C16H24N4O5S. The van der Waals surface area contributed by atoms with Crippen LogP contribution in [-0.2, 0) is 14.8 Å². The molecule has 1 aromatic rings. The molecule has 1 saturated heterocycles. The topological polar surface area (TPSA) is 128 Å². The molecule has 0 unspecified atom stereocenters. The zero-order valence-corrected chi connectivity index (χ0v) is 15.3. The van der Waals surface area contributed by atoms with Crippen molar-refractivity contribution in [2.45, 2.75) is 42.7 Å². The smallest absolute Gasteiger partial charge is 0.293 e. The Morgan fingerprint density at radius 3 is 2.42 bits per heavy atom. The van der Waals surface area contributed by atoms with Gasteiger partial charge in [0.25, 0.3) is 5.69 Å². The van der Waals surface area contributed by atoms with E-state index in [4.69, 9.17) is 9.88 Å². The highest BCUT2D eigenvalue weighted by atomic mass is 32.2. The zero-order valence-electron chi connectivity index (χ0n) is 14.5. The molecule has 1 aromatic carbocycles. The van der Waals surface area contributed by atoms with Gasteiger partial charge in [-0.2, -0.15) is 0 Å². The molecule has 3 N–H and O–H groups in total. The number of benzene rings is 1. The Morgan fingerprint density at radius 2 is 1.85 bits per heavy atom. The van der Waals surface area contributed by atoms with Gasteiger partial charge < -0.3 is 10.1 Å². The Bertz CT molecular complexity index is 756. The number of ether oxygens (including phenoxy) is 1. The molecule has 0 aromatic heterocycles.